The van der Waals surface area contributed by atoms with E-state index in [1.54, 1.807) is 0 Å². The van der Waals surface area contributed by atoms with Crippen LogP contribution in [0.2, 0.25) is 0 Å². The predicted molar refractivity (Wildman–Crippen MR) is 79.2 cm³/mol. The maximum absolute atomic E-state index is 10.7. The largest absolute Gasteiger partial charge is 0.454 e. The van der Waals surface area contributed by atoms with Gasteiger partial charge in [0.2, 0.25) is 6.79 Å². The molecular weight excluding hydrogens is 282 g/mol. The zero-order valence-electron chi connectivity index (χ0n) is 12.5. The number of rotatable bonds is 0. The molecule has 5 heteroatoms. The molecule has 0 aromatic heterocycles. The van der Waals surface area contributed by atoms with Gasteiger partial charge in [-0.2, -0.15) is 0 Å². The Morgan fingerprint density at radius 3 is 2.82 bits per heavy atom. The van der Waals surface area contributed by atoms with E-state index in [1.807, 2.05) is 6.07 Å². The Morgan fingerprint density at radius 2 is 1.95 bits per heavy atom. The molecular formula is C17H21NO4. The highest BCUT2D eigenvalue weighted by Gasteiger charge is 2.59. The Balaban J connectivity index is 1.70. The minimum Gasteiger partial charge on any atom is -0.454 e. The maximum atomic E-state index is 10.7. The first-order valence-corrected chi connectivity index (χ1v) is 8.23. The van der Waals surface area contributed by atoms with E-state index in [9.17, 15) is 10.2 Å². The smallest absolute Gasteiger partial charge is 0.231 e. The van der Waals surface area contributed by atoms with Crippen LogP contribution in [-0.2, 0) is 6.42 Å². The quantitative estimate of drug-likeness (QED) is 0.749. The van der Waals surface area contributed by atoms with Crippen LogP contribution in [0.15, 0.2) is 12.1 Å². The Morgan fingerprint density at radius 1 is 1.14 bits per heavy atom. The number of benzene rings is 1. The normalized spacial score (nSPS) is 39.3. The van der Waals surface area contributed by atoms with Gasteiger partial charge in [-0.15, -0.1) is 0 Å². The number of aliphatic hydroxyl groups is 2. The highest BCUT2D eigenvalue weighted by Crippen LogP contribution is 2.55. The van der Waals surface area contributed by atoms with Crippen molar-refractivity contribution in [1.82, 2.24) is 4.90 Å². The van der Waals surface area contributed by atoms with Crippen LogP contribution in [0.3, 0.4) is 0 Å². The molecule has 0 amide bonds. The van der Waals surface area contributed by atoms with E-state index in [0.29, 0.717) is 6.42 Å². The van der Waals surface area contributed by atoms with Crippen molar-refractivity contribution in [3.05, 3.63) is 23.3 Å². The van der Waals surface area contributed by atoms with Gasteiger partial charge in [-0.3, -0.25) is 4.90 Å². The zero-order chi connectivity index (χ0) is 14.9. The molecule has 1 aromatic rings. The van der Waals surface area contributed by atoms with Crippen LogP contribution in [0.4, 0.5) is 0 Å². The van der Waals surface area contributed by atoms with Gasteiger partial charge < -0.3 is 19.7 Å². The van der Waals surface area contributed by atoms with Crippen LogP contribution in [-0.4, -0.2) is 52.7 Å². The van der Waals surface area contributed by atoms with E-state index in [4.69, 9.17) is 9.47 Å². The van der Waals surface area contributed by atoms with Gasteiger partial charge in [-0.1, -0.05) is 0 Å². The van der Waals surface area contributed by atoms with Gasteiger partial charge in [0, 0.05) is 18.0 Å². The molecule has 2 N–H and O–H groups in total. The molecule has 1 saturated carbocycles. The van der Waals surface area contributed by atoms with E-state index in [1.165, 1.54) is 5.56 Å². The molecule has 4 atom stereocenters. The van der Waals surface area contributed by atoms with Crippen molar-refractivity contribution < 1.29 is 19.7 Å². The van der Waals surface area contributed by atoms with Gasteiger partial charge >= 0.3 is 0 Å². The topological polar surface area (TPSA) is 62.2 Å². The van der Waals surface area contributed by atoms with Crippen LogP contribution < -0.4 is 9.47 Å². The molecule has 118 valence electrons. The summed E-state index contributed by atoms with van der Waals surface area (Å²) in [6, 6.07) is 4.12. The standard InChI is InChI=1S/C17H21NO4/c19-12-8-17-3-1-4-18(17)5-2-10-6-13-14(22-9-21-13)7-11(10)15(17)16(12)20/h6-7,12,15-16,19-20H,1-5,8-9H2. The first kappa shape index (κ1) is 13.2. The van der Waals surface area contributed by atoms with E-state index < -0.39 is 12.2 Å². The Kier molecular flexibility index (Phi) is 2.62. The molecule has 22 heavy (non-hydrogen) atoms. The van der Waals surface area contributed by atoms with Gasteiger partial charge in [0.1, 0.15) is 0 Å². The van der Waals surface area contributed by atoms with E-state index in [2.05, 4.69) is 11.0 Å². The van der Waals surface area contributed by atoms with Crippen molar-refractivity contribution in [2.45, 2.75) is 49.3 Å². The van der Waals surface area contributed by atoms with Crippen LogP contribution in [0.25, 0.3) is 0 Å². The third-order valence-corrected chi connectivity index (χ3v) is 6.17. The molecule has 3 aliphatic heterocycles. The van der Waals surface area contributed by atoms with E-state index in [-0.39, 0.29) is 18.2 Å². The fourth-order valence-electron chi connectivity index (χ4n) is 5.26. The molecule has 1 saturated heterocycles. The molecule has 1 spiro atoms. The molecule has 5 rings (SSSR count). The molecule has 4 aliphatic rings. The Labute approximate surface area is 129 Å². The summed E-state index contributed by atoms with van der Waals surface area (Å²) in [4.78, 5) is 2.50. The highest BCUT2D eigenvalue weighted by atomic mass is 16.7. The first-order chi connectivity index (χ1) is 10.7. The van der Waals surface area contributed by atoms with Crippen molar-refractivity contribution in [2.24, 2.45) is 0 Å². The minimum absolute atomic E-state index is 0.0306. The molecule has 2 fully saturated rings. The van der Waals surface area contributed by atoms with Crippen LogP contribution in [0.5, 0.6) is 11.5 Å². The minimum atomic E-state index is -0.696. The summed E-state index contributed by atoms with van der Waals surface area (Å²) in [5.41, 5.74) is 2.30. The molecule has 1 aliphatic carbocycles. The number of fused-ring (bicyclic) bond motifs is 3. The summed E-state index contributed by atoms with van der Waals surface area (Å²) in [5.74, 6) is 1.55. The lowest BCUT2D eigenvalue weighted by atomic mass is 9.78. The summed E-state index contributed by atoms with van der Waals surface area (Å²) in [5, 5.41) is 21.1. The third kappa shape index (κ3) is 1.54. The van der Waals surface area contributed by atoms with Gasteiger partial charge in [-0.05, 0) is 55.5 Å². The summed E-state index contributed by atoms with van der Waals surface area (Å²) < 4.78 is 11.1. The lowest BCUT2D eigenvalue weighted by Crippen LogP contribution is -2.46. The number of hydrogen-bond acceptors (Lipinski definition) is 5. The van der Waals surface area contributed by atoms with Crippen molar-refractivity contribution >= 4 is 0 Å². The number of hydrogen-bond donors (Lipinski definition) is 2. The number of aliphatic hydroxyl groups excluding tert-OH is 2. The summed E-state index contributed by atoms with van der Waals surface area (Å²) in [6.45, 7) is 2.32. The average molecular weight is 303 g/mol. The van der Waals surface area contributed by atoms with Crippen LogP contribution in [0.1, 0.15) is 36.3 Å². The van der Waals surface area contributed by atoms with Crippen LogP contribution >= 0.6 is 0 Å². The molecule has 0 bridgehead atoms. The van der Waals surface area contributed by atoms with Crippen LogP contribution in [0, 0.1) is 0 Å². The summed E-state index contributed by atoms with van der Waals surface area (Å²) >= 11 is 0. The molecule has 0 radical (unpaired) electrons. The second-order valence-corrected chi connectivity index (χ2v) is 7.09. The fourth-order valence-corrected chi connectivity index (χ4v) is 5.26. The number of nitrogens with zero attached hydrogens (tertiary/aromatic N) is 1. The molecule has 1 aromatic carbocycles. The number of ether oxygens (including phenoxy) is 2. The van der Waals surface area contributed by atoms with Gasteiger partial charge in [-0.25, -0.2) is 0 Å². The Hall–Kier alpha value is -1.30. The SMILES string of the molecule is OC1CC23CCCN2CCc2cc4c(cc2C3C1O)OCO4. The zero-order valence-corrected chi connectivity index (χ0v) is 12.5. The average Bonchev–Trinajstić information content (AvgIpc) is 3.15. The lowest BCUT2D eigenvalue weighted by Gasteiger charge is -2.39. The molecule has 3 heterocycles. The Bertz CT molecular complexity index is 633. The lowest BCUT2D eigenvalue weighted by molar-refractivity contribution is 0.0339. The molecule has 5 nitrogen and oxygen atoms in total. The van der Waals surface area contributed by atoms with Crippen molar-refractivity contribution in [1.29, 1.82) is 0 Å². The fraction of sp³-hybridized carbons (Fsp3) is 0.647. The summed E-state index contributed by atoms with van der Waals surface area (Å²) in [7, 11) is 0. The second kappa shape index (κ2) is 4.37. The first-order valence-electron chi connectivity index (χ1n) is 8.23. The van der Waals surface area contributed by atoms with Gasteiger partial charge in [0.25, 0.3) is 0 Å². The highest BCUT2D eigenvalue weighted by molar-refractivity contribution is 5.52. The van der Waals surface area contributed by atoms with Crippen molar-refractivity contribution in [3.63, 3.8) is 0 Å². The van der Waals surface area contributed by atoms with Crippen molar-refractivity contribution in [3.8, 4) is 11.5 Å². The van der Waals surface area contributed by atoms with Gasteiger partial charge in [0.15, 0.2) is 11.5 Å². The van der Waals surface area contributed by atoms with Crippen molar-refractivity contribution in [2.75, 3.05) is 19.9 Å². The molecule has 4 unspecified atom stereocenters. The maximum Gasteiger partial charge on any atom is 0.231 e. The third-order valence-electron chi connectivity index (χ3n) is 6.17. The van der Waals surface area contributed by atoms with E-state index in [0.717, 1.165) is 49.4 Å². The second-order valence-electron chi connectivity index (χ2n) is 7.09. The van der Waals surface area contributed by atoms with E-state index >= 15 is 0 Å². The van der Waals surface area contributed by atoms with Gasteiger partial charge in [0.05, 0.1) is 12.2 Å². The monoisotopic (exact) mass is 303 g/mol. The summed E-state index contributed by atoms with van der Waals surface area (Å²) in [6.07, 6.45) is 2.51. The predicted octanol–water partition coefficient (Wildman–Crippen LogP) is 1.02.